The van der Waals surface area contributed by atoms with Gasteiger partial charge < -0.3 is 15.0 Å². The summed E-state index contributed by atoms with van der Waals surface area (Å²) < 4.78 is 6.04. The maximum atomic E-state index is 13.2. The number of carbonyl (C=O) groups excluding carboxylic acids is 1. The van der Waals surface area contributed by atoms with Crippen molar-refractivity contribution in [3.63, 3.8) is 0 Å². The van der Waals surface area contributed by atoms with Crippen LogP contribution >= 0.6 is 11.6 Å². The summed E-state index contributed by atoms with van der Waals surface area (Å²) in [5.41, 5.74) is 5.24. The smallest absolute Gasteiger partial charge is 0.270 e. The summed E-state index contributed by atoms with van der Waals surface area (Å²) in [6.45, 7) is 5.88. The molecule has 1 heterocycles. The van der Waals surface area contributed by atoms with Crippen molar-refractivity contribution in [3.05, 3.63) is 70.9 Å². The molecule has 0 bridgehead atoms. The zero-order valence-corrected chi connectivity index (χ0v) is 23.1. The number of halogens is 1. The van der Waals surface area contributed by atoms with Gasteiger partial charge in [0.05, 0.1) is 17.3 Å². The van der Waals surface area contributed by atoms with Crippen LogP contribution in [0.4, 0.5) is 0 Å². The van der Waals surface area contributed by atoms with Crippen LogP contribution < -0.4 is 10.1 Å². The molecule has 196 valence electrons. The van der Waals surface area contributed by atoms with Crippen LogP contribution in [0.15, 0.2) is 54.6 Å². The third-order valence-corrected chi connectivity index (χ3v) is 7.44. The lowest BCUT2D eigenvalue weighted by Crippen LogP contribution is -2.37. The minimum atomic E-state index is -0.119. The molecule has 37 heavy (non-hydrogen) atoms. The molecular formula is C31H38ClN3O2. The highest BCUT2D eigenvalue weighted by molar-refractivity contribution is 6.32. The topological polar surface area (TPSA) is 54.5 Å². The SMILES string of the molecule is Cc1ccccc1-c1ccc(C(=O)NC2CCC(C)CC2)nc1-c1ccc(Cl)c(OCCCN(C)C)c1. The number of aryl methyl sites for hydroxylation is 1. The summed E-state index contributed by atoms with van der Waals surface area (Å²) in [6.07, 6.45) is 5.24. The van der Waals surface area contributed by atoms with Gasteiger partial charge in [-0.2, -0.15) is 0 Å². The monoisotopic (exact) mass is 519 g/mol. The van der Waals surface area contributed by atoms with Crippen molar-refractivity contribution in [1.82, 2.24) is 15.2 Å². The Balaban J connectivity index is 1.67. The molecule has 1 aromatic heterocycles. The summed E-state index contributed by atoms with van der Waals surface area (Å²) in [4.78, 5) is 20.3. The minimum absolute atomic E-state index is 0.119. The molecule has 2 aromatic carbocycles. The summed E-state index contributed by atoms with van der Waals surface area (Å²) >= 11 is 6.49. The number of pyridine rings is 1. The van der Waals surface area contributed by atoms with E-state index in [1.54, 1.807) is 0 Å². The normalized spacial score (nSPS) is 17.6. The van der Waals surface area contributed by atoms with Crippen LogP contribution in [0.25, 0.3) is 22.4 Å². The first-order chi connectivity index (χ1) is 17.8. The number of aromatic nitrogens is 1. The Morgan fingerprint density at radius 3 is 2.54 bits per heavy atom. The highest BCUT2D eigenvalue weighted by Gasteiger charge is 2.22. The molecule has 0 atom stereocenters. The predicted molar refractivity (Wildman–Crippen MR) is 152 cm³/mol. The Kier molecular flexibility index (Phi) is 9.23. The van der Waals surface area contributed by atoms with E-state index in [2.05, 4.69) is 36.2 Å². The van der Waals surface area contributed by atoms with Crippen molar-refractivity contribution >= 4 is 17.5 Å². The van der Waals surface area contributed by atoms with Gasteiger partial charge in [0.2, 0.25) is 0 Å². The fourth-order valence-electron chi connectivity index (χ4n) is 4.89. The van der Waals surface area contributed by atoms with Gasteiger partial charge in [0.25, 0.3) is 5.91 Å². The molecule has 0 radical (unpaired) electrons. The van der Waals surface area contributed by atoms with Crippen LogP contribution in [0.5, 0.6) is 5.75 Å². The van der Waals surface area contributed by atoms with E-state index in [4.69, 9.17) is 21.3 Å². The van der Waals surface area contributed by atoms with Crippen molar-refractivity contribution in [2.45, 2.75) is 52.0 Å². The van der Waals surface area contributed by atoms with E-state index in [-0.39, 0.29) is 11.9 Å². The standard InChI is InChI=1S/C31H38ClN3O2/c1-21-10-13-24(14-11-21)33-31(36)28-17-15-26(25-9-6-5-8-22(25)2)30(34-28)23-12-16-27(32)29(20-23)37-19-7-18-35(3)4/h5-6,8-9,12,15-17,20-21,24H,7,10-11,13-14,18-19H2,1-4H3,(H,33,36). The van der Waals surface area contributed by atoms with Crippen LogP contribution in [-0.2, 0) is 0 Å². The minimum Gasteiger partial charge on any atom is -0.492 e. The van der Waals surface area contributed by atoms with E-state index in [9.17, 15) is 4.79 Å². The van der Waals surface area contributed by atoms with Crippen LogP contribution in [0.3, 0.4) is 0 Å². The Hall–Kier alpha value is -2.89. The van der Waals surface area contributed by atoms with E-state index in [0.717, 1.165) is 72.5 Å². The van der Waals surface area contributed by atoms with Crippen molar-refractivity contribution in [2.75, 3.05) is 27.2 Å². The molecule has 6 heteroatoms. The Bertz CT molecular complexity index is 1220. The highest BCUT2D eigenvalue weighted by Crippen LogP contribution is 2.36. The van der Waals surface area contributed by atoms with Crippen molar-refractivity contribution in [1.29, 1.82) is 0 Å². The molecule has 0 unspecified atom stereocenters. The molecule has 1 N–H and O–H groups in total. The Morgan fingerprint density at radius 2 is 1.81 bits per heavy atom. The zero-order valence-electron chi connectivity index (χ0n) is 22.4. The Labute approximate surface area is 226 Å². The molecule has 0 saturated heterocycles. The van der Waals surface area contributed by atoms with Crippen LogP contribution in [0, 0.1) is 12.8 Å². The van der Waals surface area contributed by atoms with Gasteiger partial charge in [0.15, 0.2) is 0 Å². The van der Waals surface area contributed by atoms with Gasteiger partial charge in [-0.15, -0.1) is 0 Å². The van der Waals surface area contributed by atoms with E-state index < -0.39 is 0 Å². The van der Waals surface area contributed by atoms with Gasteiger partial charge >= 0.3 is 0 Å². The molecular weight excluding hydrogens is 482 g/mol. The molecule has 0 spiro atoms. The summed E-state index contributed by atoms with van der Waals surface area (Å²) in [6, 6.07) is 18.0. The number of rotatable bonds is 9. The van der Waals surface area contributed by atoms with Gasteiger partial charge in [-0.25, -0.2) is 4.98 Å². The molecule has 5 nitrogen and oxygen atoms in total. The van der Waals surface area contributed by atoms with Gasteiger partial charge in [-0.1, -0.05) is 48.9 Å². The van der Waals surface area contributed by atoms with Crippen LogP contribution in [-0.4, -0.2) is 49.1 Å². The number of carbonyl (C=O) groups is 1. The molecule has 1 fully saturated rings. The lowest BCUT2D eigenvalue weighted by Gasteiger charge is -2.26. The van der Waals surface area contributed by atoms with Crippen molar-refractivity contribution < 1.29 is 9.53 Å². The summed E-state index contributed by atoms with van der Waals surface area (Å²) in [5.74, 6) is 1.24. The molecule has 3 aromatic rings. The number of benzene rings is 2. The van der Waals surface area contributed by atoms with Gasteiger partial charge in [-0.3, -0.25) is 4.79 Å². The quantitative estimate of drug-likeness (QED) is 0.309. The molecule has 1 aliphatic rings. The number of amides is 1. The fourth-order valence-corrected chi connectivity index (χ4v) is 5.06. The lowest BCUT2D eigenvalue weighted by atomic mass is 9.87. The van der Waals surface area contributed by atoms with Crippen LogP contribution in [0.1, 0.15) is 55.1 Å². The zero-order chi connectivity index (χ0) is 26.4. The number of nitrogens with one attached hydrogen (secondary N) is 1. The van der Waals surface area contributed by atoms with Gasteiger partial charge in [-0.05, 0) is 94.4 Å². The van der Waals surface area contributed by atoms with E-state index in [1.807, 2.05) is 56.6 Å². The van der Waals surface area contributed by atoms with Crippen LogP contribution in [0.2, 0.25) is 5.02 Å². The second-order valence-corrected chi connectivity index (χ2v) is 10.9. The number of ether oxygens (including phenoxy) is 1. The molecule has 0 aliphatic heterocycles. The number of hydrogen-bond donors (Lipinski definition) is 1. The van der Waals surface area contributed by atoms with E-state index in [1.165, 1.54) is 0 Å². The first-order valence-electron chi connectivity index (χ1n) is 13.3. The second-order valence-electron chi connectivity index (χ2n) is 10.5. The maximum absolute atomic E-state index is 13.2. The average Bonchev–Trinajstić information content (AvgIpc) is 2.89. The maximum Gasteiger partial charge on any atom is 0.270 e. The molecule has 1 aliphatic carbocycles. The first-order valence-corrected chi connectivity index (χ1v) is 13.6. The summed E-state index contributed by atoms with van der Waals surface area (Å²) in [7, 11) is 4.09. The first kappa shape index (κ1) is 27.2. The average molecular weight is 520 g/mol. The van der Waals surface area contributed by atoms with E-state index in [0.29, 0.717) is 23.1 Å². The lowest BCUT2D eigenvalue weighted by molar-refractivity contribution is 0.0918. The third-order valence-electron chi connectivity index (χ3n) is 7.13. The molecule has 1 saturated carbocycles. The largest absolute Gasteiger partial charge is 0.492 e. The third kappa shape index (κ3) is 7.12. The van der Waals surface area contributed by atoms with Gasteiger partial charge in [0, 0.05) is 23.7 Å². The fraction of sp³-hybridized carbons (Fsp3) is 0.419. The van der Waals surface area contributed by atoms with Crippen molar-refractivity contribution in [2.24, 2.45) is 5.92 Å². The Morgan fingerprint density at radius 1 is 1.05 bits per heavy atom. The van der Waals surface area contributed by atoms with Crippen molar-refractivity contribution in [3.8, 4) is 28.1 Å². The molecule has 4 rings (SSSR count). The number of hydrogen-bond acceptors (Lipinski definition) is 4. The second kappa shape index (κ2) is 12.6. The predicted octanol–water partition coefficient (Wildman–Crippen LogP) is 7.02. The van der Waals surface area contributed by atoms with Gasteiger partial charge in [0.1, 0.15) is 11.4 Å². The number of nitrogens with zero attached hydrogens (tertiary/aromatic N) is 2. The summed E-state index contributed by atoms with van der Waals surface area (Å²) in [5, 5.41) is 3.78. The molecule has 1 amide bonds. The highest BCUT2D eigenvalue weighted by atomic mass is 35.5. The van der Waals surface area contributed by atoms with E-state index >= 15 is 0 Å².